The van der Waals surface area contributed by atoms with Crippen molar-refractivity contribution in [2.75, 3.05) is 52.6 Å². The Labute approximate surface area is 210 Å². The van der Waals surface area contributed by atoms with Gasteiger partial charge in [0.2, 0.25) is 0 Å². The Morgan fingerprint density at radius 1 is 0.889 bits per heavy atom. The number of nitro benzene ring substituents is 1. The van der Waals surface area contributed by atoms with Gasteiger partial charge in [0.25, 0.3) is 5.69 Å². The summed E-state index contributed by atoms with van der Waals surface area (Å²) in [5.74, 6) is 0. The summed E-state index contributed by atoms with van der Waals surface area (Å²) in [5, 5.41) is 17.4. The van der Waals surface area contributed by atoms with Crippen LogP contribution in [0.2, 0.25) is 0 Å². The molecule has 2 aliphatic rings. The molecule has 0 spiro atoms. The third-order valence-corrected chi connectivity index (χ3v) is 10.8. The van der Waals surface area contributed by atoms with Crippen molar-refractivity contribution in [2.45, 2.75) is 13.8 Å². The van der Waals surface area contributed by atoms with E-state index in [2.05, 4.69) is 35.3 Å². The highest BCUT2D eigenvalue weighted by molar-refractivity contribution is 7.69. The summed E-state index contributed by atoms with van der Waals surface area (Å²) in [4.78, 5) is 10.9. The monoisotopic (exact) mass is 510 g/mol. The van der Waals surface area contributed by atoms with Gasteiger partial charge in [-0.05, 0) is 38.1 Å². The van der Waals surface area contributed by atoms with E-state index in [-0.39, 0.29) is 10.6 Å². The number of benzene rings is 2. The van der Waals surface area contributed by atoms with Crippen molar-refractivity contribution in [3.8, 4) is 5.69 Å². The molecule has 3 heterocycles. The van der Waals surface area contributed by atoms with Gasteiger partial charge in [0.1, 0.15) is 7.36 Å². The van der Waals surface area contributed by atoms with E-state index in [1.54, 1.807) is 12.1 Å². The maximum absolute atomic E-state index is 11.3. The molecule has 3 aromatic rings. The molecule has 0 amide bonds. The summed E-state index contributed by atoms with van der Waals surface area (Å²) in [5.41, 5.74) is 3.77. The molecule has 2 saturated heterocycles. The highest BCUT2D eigenvalue weighted by Crippen LogP contribution is 2.59. The van der Waals surface area contributed by atoms with Crippen molar-refractivity contribution in [3.63, 3.8) is 0 Å². The lowest BCUT2D eigenvalue weighted by Gasteiger charge is -2.46. The normalized spacial score (nSPS) is 17.7. The van der Waals surface area contributed by atoms with Gasteiger partial charge in [0.15, 0.2) is 0 Å². The minimum absolute atomic E-state index is 0.0555. The first-order valence-corrected chi connectivity index (χ1v) is 13.8. The standard InChI is InChI=1S/C25H31N6O4P/c1-20-25(21(2)30(26-20)23-6-4-3-5-7-23)36(28-12-16-34-17-13-28,29-14-18-35-19-15-29)27-22-8-10-24(11-9-22)31(32)33/h3-11H,12-19H2,1-2H3. The van der Waals surface area contributed by atoms with E-state index in [1.165, 1.54) is 12.1 Å². The molecule has 0 saturated carbocycles. The van der Waals surface area contributed by atoms with Crippen LogP contribution in [0.5, 0.6) is 0 Å². The molecule has 2 aromatic carbocycles. The SMILES string of the molecule is Cc1nn(-c2ccccc2)c(C)c1P(=Nc1ccc([N+](=O)[O-])cc1)(N1CCOCC1)N1CCOCC1. The molecule has 36 heavy (non-hydrogen) atoms. The zero-order valence-electron chi connectivity index (χ0n) is 20.6. The van der Waals surface area contributed by atoms with Crippen molar-refractivity contribution in [1.29, 1.82) is 0 Å². The van der Waals surface area contributed by atoms with E-state index in [9.17, 15) is 10.1 Å². The number of rotatable bonds is 6. The van der Waals surface area contributed by atoms with E-state index < -0.39 is 7.36 Å². The van der Waals surface area contributed by atoms with Gasteiger partial charge in [-0.15, -0.1) is 0 Å². The maximum atomic E-state index is 11.3. The fraction of sp³-hybridized carbons (Fsp3) is 0.400. The second-order valence-corrected chi connectivity index (χ2v) is 11.8. The molecule has 0 bridgehead atoms. The second kappa shape index (κ2) is 10.6. The molecular formula is C25H31N6O4P. The van der Waals surface area contributed by atoms with Crippen LogP contribution in [0.1, 0.15) is 11.4 Å². The summed E-state index contributed by atoms with van der Waals surface area (Å²) in [7, 11) is -2.56. The zero-order valence-corrected chi connectivity index (χ0v) is 21.5. The van der Waals surface area contributed by atoms with Gasteiger partial charge >= 0.3 is 0 Å². The third-order valence-electron chi connectivity index (χ3n) is 6.63. The van der Waals surface area contributed by atoms with Crippen molar-refractivity contribution < 1.29 is 14.4 Å². The molecule has 2 fully saturated rings. The van der Waals surface area contributed by atoms with Crippen molar-refractivity contribution in [3.05, 3.63) is 76.1 Å². The Morgan fingerprint density at radius 3 is 1.97 bits per heavy atom. The number of morpholine rings is 2. The van der Waals surface area contributed by atoms with Crippen molar-refractivity contribution in [2.24, 2.45) is 4.74 Å². The Hall–Kier alpha value is -2.88. The summed E-state index contributed by atoms with van der Waals surface area (Å²) in [6, 6.07) is 16.7. The number of hydrogen-bond donors (Lipinski definition) is 0. The maximum Gasteiger partial charge on any atom is 0.269 e. The number of non-ortho nitro benzene ring substituents is 1. The van der Waals surface area contributed by atoms with Gasteiger partial charge in [-0.1, -0.05) is 18.2 Å². The molecule has 2 aliphatic heterocycles. The predicted octanol–water partition coefficient (Wildman–Crippen LogP) is 4.05. The van der Waals surface area contributed by atoms with Gasteiger partial charge in [-0.25, -0.2) is 18.8 Å². The number of hydrogen-bond acceptors (Lipinski definition) is 6. The van der Waals surface area contributed by atoms with E-state index >= 15 is 0 Å². The van der Waals surface area contributed by atoms with Crippen LogP contribution in [0.4, 0.5) is 11.4 Å². The number of nitrogens with zero attached hydrogens (tertiary/aromatic N) is 6. The fourth-order valence-electron chi connectivity index (χ4n) is 4.99. The highest BCUT2D eigenvalue weighted by Gasteiger charge is 2.42. The molecule has 0 atom stereocenters. The van der Waals surface area contributed by atoms with Crippen LogP contribution < -0.4 is 5.30 Å². The number of nitro groups is 1. The molecule has 0 N–H and O–H groups in total. The van der Waals surface area contributed by atoms with E-state index in [4.69, 9.17) is 19.3 Å². The first kappa shape index (κ1) is 24.8. The topological polar surface area (TPSA) is 98.3 Å². The van der Waals surface area contributed by atoms with Crippen LogP contribution in [0, 0.1) is 24.0 Å². The summed E-state index contributed by atoms with van der Waals surface area (Å²) >= 11 is 0. The number of aromatic nitrogens is 2. The van der Waals surface area contributed by atoms with Gasteiger partial charge in [0.05, 0.1) is 59.4 Å². The largest absolute Gasteiger partial charge is 0.379 e. The van der Waals surface area contributed by atoms with Gasteiger partial charge in [0, 0.05) is 38.3 Å². The summed E-state index contributed by atoms with van der Waals surface area (Å²) in [6.45, 7) is 9.69. The third kappa shape index (κ3) is 4.63. The Kier molecular flexibility index (Phi) is 7.32. The first-order chi connectivity index (χ1) is 17.5. The Balaban J connectivity index is 1.77. The minimum Gasteiger partial charge on any atom is -0.379 e. The molecule has 1 aromatic heterocycles. The van der Waals surface area contributed by atoms with Crippen LogP contribution >= 0.6 is 7.36 Å². The molecule has 0 aliphatic carbocycles. The summed E-state index contributed by atoms with van der Waals surface area (Å²) in [6.07, 6.45) is 0. The average Bonchev–Trinajstić information content (AvgIpc) is 3.23. The van der Waals surface area contributed by atoms with E-state index in [0.29, 0.717) is 26.4 Å². The minimum atomic E-state index is -2.56. The molecule has 0 radical (unpaired) electrons. The molecule has 11 heteroatoms. The lowest BCUT2D eigenvalue weighted by Crippen LogP contribution is -2.47. The highest BCUT2D eigenvalue weighted by atomic mass is 31.2. The van der Waals surface area contributed by atoms with E-state index in [0.717, 1.165) is 54.2 Å². The lowest BCUT2D eigenvalue weighted by molar-refractivity contribution is -0.384. The lowest BCUT2D eigenvalue weighted by atomic mass is 10.3. The second-order valence-electron chi connectivity index (χ2n) is 8.84. The van der Waals surface area contributed by atoms with Crippen molar-refractivity contribution in [1.82, 2.24) is 19.1 Å². The number of ether oxygens (including phenoxy) is 2. The molecular weight excluding hydrogens is 479 g/mol. The van der Waals surface area contributed by atoms with Crippen LogP contribution in [0.15, 0.2) is 59.3 Å². The average molecular weight is 511 g/mol. The number of para-hydroxylation sites is 1. The van der Waals surface area contributed by atoms with Gasteiger partial charge in [-0.2, -0.15) is 5.10 Å². The van der Waals surface area contributed by atoms with Gasteiger partial charge < -0.3 is 9.47 Å². The van der Waals surface area contributed by atoms with Crippen LogP contribution in [0.3, 0.4) is 0 Å². The van der Waals surface area contributed by atoms with Crippen LogP contribution in [0.25, 0.3) is 5.69 Å². The molecule has 10 nitrogen and oxygen atoms in total. The molecule has 190 valence electrons. The van der Waals surface area contributed by atoms with E-state index in [1.807, 2.05) is 22.9 Å². The van der Waals surface area contributed by atoms with Gasteiger partial charge in [-0.3, -0.25) is 10.1 Å². The zero-order chi connectivity index (χ0) is 25.1. The molecule has 0 unspecified atom stereocenters. The fourth-order valence-corrected chi connectivity index (χ4v) is 9.18. The van der Waals surface area contributed by atoms with Crippen LogP contribution in [-0.4, -0.2) is 76.7 Å². The quantitative estimate of drug-likeness (QED) is 0.280. The summed E-state index contributed by atoms with van der Waals surface area (Å²) < 4.78 is 23.9. The Bertz CT molecular complexity index is 1240. The first-order valence-electron chi connectivity index (χ1n) is 12.2. The Morgan fingerprint density at radius 2 is 1.44 bits per heavy atom. The smallest absolute Gasteiger partial charge is 0.269 e. The predicted molar refractivity (Wildman–Crippen MR) is 140 cm³/mol. The number of aryl methyl sites for hydroxylation is 1. The molecule has 5 rings (SSSR count). The van der Waals surface area contributed by atoms with Crippen molar-refractivity contribution >= 4 is 24.0 Å². The van der Waals surface area contributed by atoms with Crippen LogP contribution in [-0.2, 0) is 9.47 Å².